The van der Waals surface area contributed by atoms with E-state index in [-0.39, 0.29) is 46.5 Å². The Morgan fingerprint density at radius 2 is 1.88 bits per heavy atom. The second kappa shape index (κ2) is 10.7. The zero-order valence-corrected chi connectivity index (χ0v) is 23.3. The second-order valence-electron chi connectivity index (χ2n) is 10.6. The maximum absolute atomic E-state index is 14.3. The van der Waals surface area contributed by atoms with Gasteiger partial charge in [0.25, 0.3) is 5.56 Å². The van der Waals surface area contributed by atoms with Crippen LogP contribution >= 0.6 is 11.8 Å². The van der Waals surface area contributed by atoms with Crippen molar-refractivity contribution in [3.8, 4) is 11.3 Å². The summed E-state index contributed by atoms with van der Waals surface area (Å²) in [7, 11) is 3.37. The smallest absolute Gasteiger partial charge is 0.412 e. The molecule has 6 rings (SSSR count). The van der Waals surface area contributed by atoms with Gasteiger partial charge in [0.1, 0.15) is 11.9 Å². The van der Waals surface area contributed by atoms with E-state index in [1.807, 2.05) is 4.90 Å². The van der Waals surface area contributed by atoms with Crippen molar-refractivity contribution in [2.24, 2.45) is 23.9 Å². The summed E-state index contributed by atoms with van der Waals surface area (Å²) in [5.41, 5.74) is 0.668. The molecule has 1 saturated heterocycles. The van der Waals surface area contributed by atoms with Gasteiger partial charge in [-0.3, -0.25) is 19.1 Å². The first kappa shape index (κ1) is 28.2. The summed E-state index contributed by atoms with van der Waals surface area (Å²) in [5.74, 6) is -1.02. The average Bonchev–Trinajstić information content (AvgIpc) is 3.28. The number of nitrogens with zero attached hydrogens (tertiary/aromatic N) is 6. The first-order valence-electron chi connectivity index (χ1n) is 13.2. The molecule has 0 radical (unpaired) electrons. The highest BCUT2D eigenvalue weighted by atomic mass is 32.2. The predicted octanol–water partition coefficient (Wildman–Crippen LogP) is 3.49. The number of ether oxygens (including phenoxy) is 1. The van der Waals surface area contributed by atoms with Crippen molar-refractivity contribution < 1.29 is 27.1 Å². The van der Waals surface area contributed by atoms with Crippen molar-refractivity contribution >= 4 is 28.8 Å². The number of hydrogen-bond acceptors (Lipinski definition) is 9. The number of halogens is 4. The lowest BCUT2D eigenvalue weighted by molar-refractivity contribution is -0.162. The minimum absolute atomic E-state index is 0.0195. The van der Waals surface area contributed by atoms with Gasteiger partial charge in [0.05, 0.1) is 11.9 Å². The van der Waals surface area contributed by atoms with E-state index in [0.29, 0.717) is 24.6 Å². The molecule has 9 nitrogen and oxygen atoms in total. The minimum Gasteiger partial charge on any atom is -0.460 e. The van der Waals surface area contributed by atoms with E-state index >= 15 is 0 Å². The number of piperidine rings is 1. The van der Waals surface area contributed by atoms with Gasteiger partial charge >= 0.3 is 12.1 Å². The number of carbonyl (C=O) groups is 1. The van der Waals surface area contributed by atoms with Crippen molar-refractivity contribution in [1.82, 2.24) is 19.4 Å². The number of pyridine rings is 1. The molecule has 0 amide bonds. The molecule has 2 fully saturated rings. The number of thioether (sulfide) groups is 1. The zero-order chi connectivity index (χ0) is 29.8. The number of alkyl halides is 3. The van der Waals surface area contributed by atoms with Gasteiger partial charge in [-0.05, 0) is 11.6 Å². The third-order valence-electron chi connectivity index (χ3n) is 7.90. The third-order valence-corrected chi connectivity index (χ3v) is 9.18. The minimum atomic E-state index is -4.70. The summed E-state index contributed by atoms with van der Waals surface area (Å²) in [4.78, 5) is 41.3. The molecular formula is C28H26F4N6O3S. The van der Waals surface area contributed by atoms with Crippen LogP contribution in [-0.2, 0) is 23.2 Å². The summed E-state index contributed by atoms with van der Waals surface area (Å²) >= 11 is 0.789. The van der Waals surface area contributed by atoms with Gasteiger partial charge in [-0.2, -0.15) is 13.2 Å². The Morgan fingerprint density at radius 3 is 2.55 bits per heavy atom. The Hall–Kier alpha value is -3.94. The molecule has 1 saturated carbocycles. The number of esters is 1. The summed E-state index contributed by atoms with van der Waals surface area (Å²) in [6, 6.07) is 9.25. The molecule has 14 heteroatoms. The van der Waals surface area contributed by atoms with Crippen LogP contribution in [0.2, 0.25) is 0 Å². The van der Waals surface area contributed by atoms with Crippen LogP contribution in [0.5, 0.6) is 0 Å². The lowest BCUT2D eigenvalue weighted by Gasteiger charge is -2.27. The Balaban J connectivity index is 1.13. The first-order valence-corrected chi connectivity index (χ1v) is 14.1. The maximum atomic E-state index is 14.3. The van der Waals surface area contributed by atoms with E-state index in [1.165, 1.54) is 22.9 Å². The third kappa shape index (κ3) is 5.23. The highest BCUT2D eigenvalue weighted by Gasteiger charge is 2.61. The fourth-order valence-corrected chi connectivity index (χ4v) is 6.91. The van der Waals surface area contributed by atoms with Crippen LogP contribution in [-0.4, -0.2) is 74.2 Å². The molecule has 2 unspecified atom stereocenters. The van der Waals surface area contributed by atoms with E-state index < -0.39 is 29.3 Å². The largest absolute Gasteiger partial charge is 0.460 e. The monoisotopic (exact) mass is 602 g/mol. The summed E-state index contributed by atoms with van der Waals surface area (Å²) < 4.78 is 62.6. The van der Waals surface area contributed by atoms with Crippen LogP contribution in [0.4, 0.5) is 23.5 Å². The van der Waals surface area contributed by atoms with Crippen LogP contribution in [0, 0.1) is 17.7 Å². The van der Waals surface area contributed by atoms with Crippen LogP contribution < -0.4 is 10.5 Å². The van der Waals surface area contributed by atoms with Gasteiger partial charge in [0, 0.05) is 62.9 Å². The molecule has 1 aliphatic carbocycles. The van der Waals surface area contributed by atoms with Gasteiger partial charge in [0.15, 0.2) is 17.0 Å². The SMILES string of the molecule is CN(c1nc(-c2ccncc2F)cc(=O)n1C)[C@H]1[C@@H]2CN(C3=NC(C(F)(F)F)C(C(=O)OCc4ccccc4)S3)C[C@@H]21. The molecular weight excluding hydrogens is 576 g/mol. The number of likely N-dealkylation sites (tertiary alicyclic amines) is 1. The fraction of sp³-hybridized carbons (Fsp3) is 0.393. The van der Waals surface area contributed by atoms with Crippen LogP contribution in [0.25, 0.3) is 11.3 Å². The molecule has 0 spiro atoms. The summed E-state index contributed by atoms with van der Waals surface area (Å²) in [5, 5.41) is -1.34. The number of fused-ring (bicyclic) bond motifs is 1. The van der Waals surface area contributed by atoms with Crippen LogP contribution in [0.15, 0.2) is 64.6 Å². The zero-order valence-electron chi connectivity index (χ0n) is 22.5. The molecule has 4 heterocycles. The highest BCUT2D eigenvalue weighted by Crippen LogP contribution is 2.51. The van der Waals surface area contributed by atoms with Crippen molar-refractivity contribution in [1.29, 1.82) is 0 Å². The molecule has 3 aliphatic rings. The molecule has 0 bridgehead atoms. The summed E-state index contributed by atoms with van der Waals surface area (Å²) in [6.07, 6.45) is -2.23. The number of carbonyl (C=O) groups excluding carboxylic acids is 1. The normalized spacial score (nSPS) is 24.8. The quantitative estimate of drug-likeness (QED) is 0.313. The molecule has 0 N–H and O–H groups in total. The van der Waals surface area contributed by atoms with E-state index in [1.54, 1.807) is 49.3 Å². The molecule has 5 atom stereocenters. The van der Waals surface area contributed by atoms with Crippen molar-refractivity contribution in [3.63, 3.8) is 0 Å². The standard InChI is InChI=1S/C28H26F4N6O3S/c1-36-21(39)10-20(16-8-9-33-11-19(16)29)34-26(36)37(2)22-17-12-38(13-18(17)22)27-35-24(28(30,31)32)23(42-27)25(40)41-14-15-6-4-3-5-7-15/h3-11,17-18,22-24H,12-14H2,1-2H3/t17-,18+,22+,23?,24?. The van der Waals surface area contributed by atoms with E-state index in [9.17, 15) is 27.2 Å². The molecule has 220 valence electrons. The first-order chi connectivity index (χ1) is 20.0. The van der Waals surface area contributed by atoms with E-state index in [4.69, 9.17) is 4.74 Å². The van der Waals surface area contributed by atoms with Gasteiger partial charge in [0.2, 0.25) is 5.95 Å². The second-order valence-corrected chi connectivity index (χ2v) is 11.7. The Morgan fingerprint density at radius 1 is 1.17 bits per heavy atom. The van der Waals surface area contributed by atoms with Gasteiger partial charge < -0.3 is 14.5 Å². The molecule has 2 aliphatic heterocycles. The Bertz CT molecular complexity index is 1590. The Kier molecular flexibility index (Phi) is 7.19. The van der Waals surface area contributed by atoms with Gasteiger partial charge in [-0.15, -0.1) is 0 Å². The van der Waals surface area contributed by atoms with E-state index in [0.717, 1.165) is 18.0 Å². The van der Waals surface area contributed by atoms with Gasteiger partial charge in [-0.25, -0.2) is 14.4 Å². The average molecular weight is 603 g/mol. The number of hydrogen-bond donors (Lipinski definition) is 0. The summed E-state index contributed by atoms with van der Waals surface area (Å²) in [6.45, 7) is 0.757. The number of amidine groups is 1. The van der Waals surface area contributed by atoms with Crippen molar-refractivity contribution in [2.75, 3.05) is 25.0 Å². The van der Waals surface area contributed by atoms with Crippen molar-refractivity contribution in [2.45, 2.75) is 30.1 Å². The molecule has 2 aromatic heterocycles. The number of rotatable bonds is 6. The molecule has 1 aromatic carbocycles. The Labute approximate surface area is 242 Å². The maximum Gasteiger partial charge on any atom is 0.412 e. The number of aromatic nitrogens is 3. The predicted molar refractivity (Wildman–Crippen MR) is 148 cm³/mol. The number of benzene rings is 1. The van der Waals surface area contributed by atoms with Crippen LogP contribution in [0.3, 0.4) is 0 Å². The number of anilines is 1. The van der Waals surface area contributed by atoms with Crippen LogP contribution in [0.1, 0.15) is 5.56 Å². The van der Waals surface area contributed by atoms with Gasteiger partial charge in [-0.1, -0.05) is 42.1 Å². The van der Waals surface area contributed by atoms with E-state index in [2.05, 4.69) is 15.0 Å². The molecule has 3 aromatic rings. The topological polar surface area (TPSA) is 92.9 Å². The molecule has 42 heavy (non-hydrogen) atoms. The highest BCUT2D eigenvalue weighted by molar-refractivity contribution is 8.15. The lowest BCUT2D eigenvalue weighted by Crippen LogP contribution is -2.39. The fourth-order valence-electron chi connectivity index (χ4n) is 5.71. The van der Waals surface area contributed by atoms with Crippen molar-refractivity contribution in [3.05, 3.63) is 76.6 Å². The number of aliphatic imine (C=N–C) groups is 1. The lowest BCUT2D eigenvalue weighted by atomic mass is 10.2.